The highest BCUT2D eigenvalue weighted by molar-refractivity contribution is 6.30. The summed E-state index contributed by atoms with van der Waals surface area (Å²) >= 11 is 5.81. The Kier molecular flexibility index (Phi) is 6.91. The normalized spacial score (nSPS) is 10.6. The monoisotopic (exact) mass is 363 g/mol. The third kappa shape index (κ3) is 6.91. The Labute approximate surface area is 150 Å². The molecule has 0 aliphatic rings. The van der Waals surface area contributed by atoms with Crippen molar-refractivity contribution in [2.75, 3.05) is 25.5 Å². The first-order chi connectivity index (χ1) is 11.9. The van der Waals surface area contributed by atoms with E-state index in [1.165, 1.54) is 18.2 Å². The van der Waals surface area contributed by atoms with Crippen LogP contribution in [0, 0.1) is 5.82 Å². The van der Waals surface area contributed by atoms with E-state index in [4.69, 9.17) is 11.6 Å². The minimum Gasteiger partial charge on any atom is -0.351 e. The largest absolute Gasteiger partial charge is 0.351 e. The minimum absolute atomic E-state index is 0.0187. The molecule has 7 heteroatoms. The zero-order chi connectivity index (χ0) is 18.2. The van der Waals surface area contributed by atoms with Crippen molar-refractivity contribution in [2.45, 2.75) is 6.54 Å². The van der Waals surface area contributed by atoms with Crippen molar-refractivity contribution in [1.29, 1.82) is 0 Å². The average molecular weight is 364 g/mol. The lowest BCUT2D eigenvalue weighted by Crippen LogP contribution is -2.38. The molecule has 2 rings (SSSR count). The van der Waals surface area contributed by atoms with Gasteiger partial charge in [0.25, 0.3) is 0 Å². The lowest BCUT2D eigenvalue weighted by Gasteiger charge is -2.16. The van der Waals surface area contributed by atoms with Crippen LogP contribution >= 0.6 is 11.6 Å². The molecule has 2 aromatic rings. The van der Waals surface area contributed by atoms with Gasteiger partial charge in [-0.15, -0.1) is 0 Å². The summed E-state index contributed by atoms with van der Waals surface area (Å²) < 4.78 is 13.1. The van der Waals surface area contributed by atoms with Crippen LogP contribution in [0.15, 0.2) is 48.5 Å². The molecule has 0 unspecified atom stereocenters. The van der Waals surface area contributed by atoms with Crippen molar-refractivity contribution in [3.05, 3.63) is 64.9 Å². The van der Waals surface area contributed by atoms with Crippen molar-refractivity contribution in [1.82, 2.24) is 10.2 Å². The van der Waals surface area contributed by atoms with Gasteiger partial charge >= 0.3 is 0 Å². The molecule has 132 valence electrons. The Morgan fingerprint density at radius 3 is 2.44 bits per heavy atom. The van der Waals surface area contributed by atoms with Crippen LogP contribution in [-0.2, 0) is 16.1 Å². The summed E-state index contributed by atoms with van der Waals surface area (Å²) in [6, 6.07) is 12.8. The van der Waals surface area contributed by atoms with Crippen LogP contribution in [-0.4, -0.2) is 36.9 Å². The van der Waals surface area contributed by atoms with Crippen LogP contribution < -0.4 is 10.6 Å². The van der Waals surface area contributed by atoms with E-state index in [-0.39, 0.29) is 24.9 Å². The van der Waals surface area contributed by atoms with Crippen LogP contribution in [0.3, 0.4) is 0 Å². The second-order valence-corrected chi connectivity index (χ2v) is 6.07. The highest BCUT2D eigenvalue weighted by Gasteiger charge is 2.11. The molecule has 0 radical (unpaired) electrons. The molecule has 2 amide bonds. The van der Waals surface area contributed by atoms with Crippen LogP contribution in [0.4, 0.5) is 10.1 Å². The molecule has 0 atom stereocenters. The summed E-state index contributed by atoms with van der Waals surface area (Å²) in [4.78, 5) is 25.4. The third-order valence-electron chi connectivity index (χ3n) is 3.34. The van der Waals surface area contributed by atoms with Crippen LogP contribution in [0.1, 0.15) is 5.56 Å². The summed E-state index contributed by atoms with van der Waals surface area (Å²) in [5.41, 5.74) is 1.31. The number of hydrogen-bond donors (Lipinski definition) is 2. The first-order valence-electron chi connectivity index (χ1n) is 7.67. The van der Waals surface area contributed by atoms with Gasteiger partial charge in [0.05, 0.1) is 13.1 Å². The number of halogens is 2. The molecule has 25 heavy (non-hydrogen) atoms. The lowest BCUT2D eigenvalue weighted by molar-refractivity contribution is -0.123. The SMILES string of the molecule is CN(CC(=O)NCc1ccc(Cl)cc1)CC(=O)Nc1cccc(F)c1. The molecule has 0 aliphatic heterocycles. The van der Waals surface area contributed by atoms with E-state index in [9.17, 15) is 14.0 Å². The molecule has 0 saturated carbocycles. The Morgan fingerprint density at radius 1 is 1.08 bits per heavy atom. The smallest absolute Gasteiger partial charge is 0.238 e. The van der Waals surface area contributed by atoms with E-state index < -0.39 is 5.82 Å². The first-order valence-corrected chi connectivity index (χ1v) is 8.05. The summed E-state index contributed by atoms with van der Waals surface area (Å²) in [5.74, 6) is -0.942. The number of likely N-dealkylation sites (N-methyl/N-ethyl adjacent to an activating group) is 1. The number of carbonyl (C=O) groups is 2. The molecule has 2 aromatic carbocycles. The number of rotatable bonds is 7. The quantitative estimate of drug-likeness (QED) is 0.795. The third-order valence-corrected chi connectivity index (χ3v) is 3.59. The number of nitrogens with zero attached hydrogens (tertiary/aromatic N) is 1. The molecule has 0 aliphatic carbocycles. The fourth-order valence-electron chi connectivity index (χ4n) is 2.17. The Hall–Kier alpha value is -2.44. The van der Waals surface area contributed by atoms with E-state index in [0.717, 1.165) is 5.56 Å². The minimum atomic E-state index is -0.423. The molecule has 0 heterocycles. The number of anilines is 1. The van der Waals surface area contributed by atoms with Crippen molar-refractivity contribution in [3.63, 3.8) is 0 Å². The Bertz CT molecular complexity index is 737. The van der Waals surface area contributed by atoms with Gasteiger partial charge in [-0.1, -0.05) is 29.8 Å². The zero-order valence-electron chi connectivity index (χ0n) is 13.8. The highest BCUT2D eigenvalue weighted by Crippen LogP contribution is 2.10. The van der Waals surface area contributed by atoms with E-state index in [0.29, 0.717) is 17.3 Å². The Balaban J connectivity index is 1.73. The highest BCUT2D eigenvalue weighted by atomic mass is 35.5. The van der Waals surface area contributed by atoms with Crippen molar-refractivity contribution >= 4 is 29.1 Å². The molecule has 0 saturated heterocycles. The van der Waals surface area contributed by atoms with Gasteiger partial charge in [-0.05, 0) is 42.9 Å². The van der Waals surface area contributed by atoms with E-state index in [1.54, 1.807) is 30.1 Å². The number of benzene rings is 2. The molecule has 2 N–H and O–H groups in total. The predicted molar refractivity (Wildman–Crippen MR) is 95.8 cm³/mol. The van der Waals surface area contributed by atoms with Crippen LogP contribution in [0.25, 0.3) is 0 Å². The van der Waals surface area contributed by atoms with Gasteiger partial charge in [0.1, 0.15) is 5.82 Å². The van der Waals surface area contributed by atoms with Gasteiger partial charge in [0, 0.05) is 17.3 Å². The second-order valence-electron chi connectivity index (χ2n) is 5.63. The maximum atomic E-state index is 13.1. The molecule has 0 fully saturated rings. The molecule has 0 spiro atoms. The number of nitrogens with one attached hydrogen (secondary N) is 2. The number of carbonyl (C=O) groups excluding carboxylic acids is 2. The predicted octanol–water partition coefficient (Wildman–Crippen LogP) is 2.67. The topological polar surface area (TPSA) is 61.4 Å². The van der Waals surface area contributed by atoms with E-state index in [2.05, 4.69) is 10.6 Å². The maximum Gasteiger partial charge on any atom is 0.238 e. The summed E-state index contributed by atoms with van der Waals surface area (Å²) in [6.07, 6.45) is 0. The zero-order valence-corrected chi connectivity index (χ0v) is 14.5. The summed E-state index contributed by atoms with van der Waals surface area (Å²) in [5, 5.41) is 6.00. The van der Waals surface area contributed by atoms with Gasteiger partial charge in [-0.25, -0.2) is 4.39 Å². The van der Waals surface area contributed by atoms with Crippen molar-refractivity contribution in [2.24, 2.45) is 0 Å². The standard InChI is InChI=1S/C18H19ClFN3O2/c1-23(12-18(25)22-16-4-2-3-15(20)9-16)11-17(24)21-10-13-5-7-14(19)8-6-13/h2-9H,10-12H2,1H3,(H,21,24)(H,22,25). The van der Waals surface area contributed by atoms with Crippen LogP contribution in [0.2, 0.25) is 5.02 Å². The molecule has 0 aromatic heterocycles. The number of hydrogen-bond acceptors (Lipinski definition) is 3. The summed E-state index contributed by atoms with van der Waals surface area (Å²) in [6.45, 7) is 0.481. The Morgan fingerprint density at radius 2 is 1.76 bits per heavy atom. The van der Waals surface area contributed by atoms with Crippen molar-refractivity contribution in [3.8, 4) is 0 Å². The van der Waals surface area contributed by atoms with E-state index in [1.807, 2.05) is 12.1 Å². The van der Waals surface area contributed by atoms with Gasteiger partial charge < -0.3 is 10.6 Å². The van der Waals surface area contributed by atoms with Gasteiger partial charge in [-0.3, -0.25) is 14.5 Å². The molecule has 0 bridgehead atoms. The van der Waals surface area contributed by atoms with Crippen molar-refractivity contribution < 1.29 is 14.0 Å². The second kappa shape index (κ2) is 9.15. The molecular formula is C18H19ClFN3O2. The fraction of sp³-hybridized carbons (Fsp3) is 0.222. The average Bonchev–Trinajstić information content (AvgIpc) is 2.54. The van der Waals surface area contributed by atoms with Crippen LogP contribution in [0.5, 0.6) is 0 Å². The lowest BCUT2D eigenvalue weighted by atomic mass is 10.2. The van der Waals surface area contributed by atoms with Gasteiger partial charge in [0.2, 0.25) is 11.8 Å². The summed E-state index contributed by atoms with van der Waals surface area (Å²) in [7, 11) is 1.66. The molecular weight excluding hydrogens is 345 g/mol. The first kappa shape index (κ1) is 18.9. The van der Waals surface area contributed by atoms with Gasteiger partial charge in [0.15, 0.2) is 0 Å². The maximum absolute atomic E-state index is 13.1. The molecule has 5 nitrogen and oxygen atoms in total. The fourth-order valence-corrected chi connectivity index (χ4v) is 2.30. The van der Waals surface area contributed by atoms with Gasteiger partial charge in [-0.2, -0.15) is 0 Å². The van der Waals surface area contributed by atoms with E-state index >= 15 is 0 Å². The number of amides is 2.